The van der Waals surface area contributed by atoms with Crippen molar-refractivity contribution < 1.29 is 9.47 Å². The van der Waals surface area contributed by atoms with E-state index < -0.39 is 5.79 Å². The lowest BCUT2D eigenvalue weighted by Crippen LogP contribution is -2.70. The summed E-state index contributed by atoms with van der Waals surface area (Å²) in [6.45, 7) is 17.1. The van der Waals surface area contributed by atoms with Crippen molar-refractivity contribution in [3.05, 3.63) is 50.6 Å². The molecule has 0 aromatic rings. The maximum atomic E-state index is 7.28. The Kier molecular flexibility index (Phi) is 2.39. The lowest BCUT2D eigenvalue weighted by molar-refractivity contribution is -0.286. The van der Waals surface area contributed by atoms with Gasteiger partial charge in [0, 0.05) is 22.7 Å². The van der Waals surface area contributed by atoms with E-state index in [0.29, 0.717) is 23.9 Å². The van der Waals surface area contributed by atoms with E-state index in [4.69, 9.17) is 9.47 Å². The van der Waals surface area contributed by atoms with E-state index in [-0.39, 0.29) is 16.4 Å². The molecule has 0 amide bonds. The zero-order valence-electron chi connectivity index (χ0n) is 16.2. The van der Waals surface area contributed by atoms with Crippen molar-refractivity contribution in [3.63, 3.8) is 0 Å². The lowest BCUT2D eigenvalue weighted by Gasteiger charge is -2.67. The maximum Gasteiger partial charge on any atom is 0.179 e. The first-order valence-corrected chi connectivity index (χ1v) is 10.9. The molecule has 10 atom stereocenters. The first kappa shape index (κ1) is 15.8. The van der Waals surface area contributed by atoms with Crippen molar-refractivity contribution in [1.82, 2.24) is 0 Å². The third kappa shape index (κ3) is 1.00. The monoisotopic (exact) mass is 362 g/mol. The number of hydrogen-bond acceptors (Lipinski definition) is 2. The van der Waals surface area contributed by atoms with Gasteiger partial charge in [-0.05, 0) is 61.2 Å². The molecule has 2 aliphatic heterocycles. The molecule has 2 heterocycles. The zero-order chi connectivity index (χ0) is 18.4. The second-order valence-corrected chi connectivity index (χ2v) is 10.6. The zero-order valence-corrected chi connectivity index (χ0v) is 16.2. The summed E-state index contributed by atoms with van der Waals surface area (Å²) in [7, 11) is 0. The van der Waals surface area contributed by atoms with E-state index in [1.165, 1.54) is 12.8 Å². The highest BCUT2D eigenvalue weighted by Gasteiger charge is 3.10. The molecule has 8 aliphatic rings. The third-order valence-electron chi connectivity index (χ3n) is 10.9. The predicted octanol–water partition coefficient (Wildman–Crippen LogP) is 4.90. The SMILES string of the molecule is C=CCO[C@@]12O[C@@]3(CC=C)C4C5C6C(C(C41)C51CC1)[C@]2(CC=C)[C@]63CC=C. The van der Waals surface area contributed by atoms with Crippen LogP contribution in [-0.2, 0) is 9.47 Å². The van der Waals surface area contributed by atoms with Crippen LogP contribution in [0.1, 0.15) is 32.1 Å². The molecule has 0 N–H and O–H groups in total. The molecule has 8 rings (SSSR count). The van der Waals surface area contributed by atoms with Gasteiger partial charge in [-0.25, -0.2) is 0 Å². The van der Waals surface area contributed by atoms with Crippen LogP contribution >= 0.6 is 0 Å². The molecular weight excluding hydrogens is 332 g/mol. The van der Waals surface area contributed by atoms with Gasteiger partial charge >= 0.3 is 0 Å². The molecule has 142 valence electrons. The van der Waals surface area contributed by atoms with Crippen LogP contribution in [0.15, 0.2) is 50.6 Å². The molecule has 6 saturated carbocycles. The first-order valence-electron chi connectivity index (χ1n) is 10.9. The summed E-state index contributed by atoms with van der Waals surface area (Å²) in [6, 6.07) is 0. The Balaban J connectivity index is 1.55. The minimum absolute atomic E-state index is 0.0826. The summed E-state index contributed by atoms with van der Waals surface area (Å²) in [5.41, 5.74) is 0.776. The first-order chi connectivity index (χ1) is 13.1. The van der Waals surface area contributed by atoms with E-state index in [2.05, 4.69) is 44.5 Å². The number of hydrogen-bond donors (Lipinski definition) is 0. The Hall–Kier alpha value is -1.12. The Morgan fingerprint density at radius 3 is 2.00 bits per heavy atom. The van der Waals surface area contributed by atoms with E-state index in [1.54, 1.807) is 0 Å². The smallest absolute Gasteiger partial charge is 0.179 e. The van der Waals surface area contributed by atoms with E-state index >= 15 is 0 Å². The molecule has 4 bridgehead atoms. The Morgan fingerprint density at radius 2 is 1.37 bits per heavy atom. The Labute approximate surface area is 162 Å². The van der Waals surface area contributed by atoms with Gasteiger partial charge in [-0.2, -0.15) is 0 Å². The second-order valence-electron chi connectivity index (χ2n) is 10.6. The van der Waals surface area contributed by atoms with Crippen LogP contribution < -0.4 is 0 Å². The quantitative estimate of drug-likeness (QED) is 0.543. The van der Waals surface area contributed by atoms with Crippen molar-refractivity contribution in [2.75, 3.05) is 6.61 Å². The van der Waals surface area contributed by atoms with Gasteiger partial charge in [0.05, 0.1) is 12.2 Å². The van der Waals surface area contributed by atoms with Crippen LogP contribution in [0.2, 0.25) is 0 Å². The van der Waals surface area contributed by atoms with Gasteiger partial charge in [0.1, 0.15) is 0 Å². The Bertz CT molecular complexity index is 824. The van der Waals surface area contributed by atoms with Gasteiger partial charge in [0.25, 0.3) is 0 Å². The maximum absolute atomic E-state index is 7.28. The van der Waals surface area contributed by atoms with Gasteiger partial charge in [-0.1, -0.05) is 24.3 Å². The lowest BCUT2D eigenvalue weighted by atomic mass is 9.35. The minimum Gasteiger partial charge on any atom is -0.345 e. The van der Waals surface area contributed by atoms with Crippen molar-refractivity contribution in [1.29, 1.82) is 0 Å². The molecule has 0 aromatic heterocycles. The Morgan fingerprint density at radius 1 is 0.741 bits per heavy atom. The molecule has 0 radical (unpaired) electrons. The van der Waals surface area contributed by atoms with Gasteiger partial charge in [0.2, 0.25) is 0 Å². The van der Waals surface area contributed by atoms with Gasteiger partial charge in [-0.3, -0.25) is 0 Å². The van der Waals surface area contributed by atoms with Crippen LogP contribution in [0.3, 0.4) is 0 Å². The fourth-order valence-corrected chi connectivity index (χ4v) is 11.4. The van der Waals surface area contributed by atoms with Crippen LogP contribution in [0.5, 0.6) is 0 Å². The van der Waals surface area contributed by atoms with Crippen molar-refractivity contribution in [3.8, 4) is 0 Å². The topological polar surface area (TPSA) is 18.5 Å². The molecule has 0 aromatic carbocycles. The fraction of sp³-hybridized carbons (Fsp3) is 0.680. The average molecular weight is 363 g/mol. The molecule has 2 saturated heterocycles. The highest BCUT2D eigenvalue weighted by Crippen LogP contribution is 3.07. The average Bonchev–Trinajstić information content (AvgIpc) is 3.15. The van der Waals surface area contributed by atoms with Gasteiger partial charge in [0.15, 0.2) is 5.79 Å². The van der Waals surface area contributed by atoms with Crippen LogP contribution in [0.25, 0.3) is 0 Å². The standard InChI is InChI=1S/C25H30O2/c1-5-9-22-17-15-19-20-16(21(15)12-13-21)18(17)23(22,10-6-2)25(20,26-14-8-4)27-24(19,22)11-7-3/h5-8,15-20H,1-4,9-14H2/t15?,16?,17?,18?,19?,20?,22-,23+,24-,25+/m0/s1. The normalized spacial score (nSPS) is 62.4. The van der Waals surface area contributed by atoms with E-state index in [0.717, 1.165) is 42.9 Å². The number of rotatable bonds is 9. The molecule has 27 heavy (non-hydrogen) atoms. The summed E-state index contributed by atoms with van der Waals surface area (Å²) in [5, 5.41) is 0. The fourth-order valence-electron chi connectivity index (χ4n) is 11.4. The largest absolute Gasteiger partial charge is 0.345 e. The molecule has 1 spiro atoms. The van der Waals surface area contributed by atoms with E-state index in [9.17, 15) is 0 Å². The molecule has 2 nitrogen and oxygen atoms in total. The number of allylic oxidation sites excluding steroid dienone is 2. The summed E-state index contributed by atoms with van der Waals surface area (Å²) >= 11 is 0. The van der Waals surface area contributed by atoms with Crippen LogP contribution in [0, 0.1) is 51.8 Å². The molecule has 2 heteroatoms. The molecule has 8 fully saturated rings. The van der Waals surface area contributed by atoms with Gasteiger partial charge in [-0.15, -0.1) is 26.3 Å². The van der Waals surface area contributed by atoms with Crippen LogP contribution in [0.4, 0.5) is 0 Å². The summed E-state index contributed by atoms with van der Waals surface area (Å²) in [5.74, 6) is 4.05. The summed E-state index contributed by atoms with van der Waals surface area (Å²) in [4.78, 5) is 0. The van der Waals surface area contributed by atoms with Crippen molar-refractivity contribution in [2.45, 2.75) is 43.5 Å². The molecule has 6 unspecified atom stereocenters. The van der Waals surface area contributed by atoms with Gasteiger partial charge < -0.3 is 9.47 Å². The van der Waals surface area contributed by atoms with E-state index in [1.807, 2.05) is 6.08 Å². The molecular formula is C25H30O2. The highest BCUT2D eigenvalue weighted by molar-refractivity contribution is 5.55. The molecule has 6 aliphatic carbocycles. The van der Waals surface area contributed by atoms with Crippen molar-refractivity contribution >= 4 is 0 Å². The van der Waals surface area contributed by atoms with Crippen LogP contribution in [-0.4, -0.2) is 18.0 Å². The third-order valence-corrected chi connectivity index (χ3v) is 10.9. The second kappa shape index (κ2) is 4.09. The number of ether oxygens (including phenoxy) is 2. The van der Waals surface area contributed by atoms with Crippen molar-refractivity contribution in [2.24, 2.45) is 51.8 Å². The summed E-state index contributed by atoms with van der Waals surface area (Å²) in [6.07, 6.45) is 14.3. The highest BCUT2D eigenvalue weighted by atomic mass is 16.7. The summed E-state index contributed by atoms with van der Waals surface area (Å²) < 4.78 is 14.1. The predicted molar refractivity (Wildman–Crippen MR) is 105 cm³/mol. The minimum atomic E-state index is -0.432.